The Morgan fingerprint density at radius 3 is 2.69 bits per heavy atom. The van der Waals surface area contributed by atoms with Crippen molar-refractivity contribution in [3.63, 3.8) is 0 Å². The summed E-state index contributed by atoms with van der Waals surface area (Å²) in [7, 11) is 0. The minimum absolute atomic E-state index is 0.313. The van der Waals surface area contributed by atoms with Gasteiger partial charge in [-0.25, -0.2) is 4.68 Å². The Labute approximate surface area is 161 Å². The second-order valence-electron chi connectivity index (χ2n) is 6.13. The lowest BCUT2D eigenvalue weighted by molar-refractivity contribution is -0.275. The number of aromatic hydroxyl groups is 1. The maximum atomic E-state index is 12.4. The molecule has 0 aliphatic rings. The van der Waals surface area contributed by atoms with Gasteiger partial charge in [-0.1, -0.05) is 23.4 Å². The number of phenols is 1. The van der Waals surface area contributed by atoms with E-state index in [-0.39, 0.29) is 0 Å². The van der Waals surface area contributed by atoms with Crippen molar-refractivity contribution in [2.75, 3.05) is 0 Å². The highest BCUT2D eigenvalue weighted by Gasteiger charge is 2.32. The Balaban J connectivity index is 1.70. The van der Waals surface area contributed by atoms with Crippen molar-refractivity contribution >= 4 is 16.8 Å². The molecular weight excluding hydrogens is 393 g/mol. The van der Waals surface area contributed by atoms with Gasteiger partial charge in [0.25, 0.3) is 5.56 Å². The largest absolute Gasteiger partial charge is 0.573 e. The van der Waals surface area contributed by atoms with Gasteiger partial charge >= 0.3 is 6.36 Å². The average Bonchev–Trinajstić information content (AvgIpc) is 2.65. The standard InChI is InChI=1S/C18H15F3N4O4/c1-10(11-6-7-15(14(26)8-11)29-18(19,20)21)22-16(27)9-25-17(28)12-4-2-3-5-13(12)23-24-25/h2-8,10,26H,9H2,1H3,(H,22,27). The number of nitrogens with zero attached hydrogens (tertiary/aromatic N) is 3. The zero-order valence-electron chi connectivity index (χ0n) is 15.0. The number of nitrogens with one attached hydrogen (secondary N) is 1. The van der Waals surface area contributed by atoms with Crippen LogP contribution in [-0.2, 0) is 11.3 Å². The van der Waals surface area contributed by atoms with Gasteiger partial charge in [-0.3, -0.25) is 9.59 Å². The van der Waals surface area contributed by atoms with Gasteiger partial charge in [0.15, 0.2) is 11.5 Å². The summed E-state index contributed by atoms with van der Waals surface area (Å²) in [6.45, 7) is 1.16. The quantitative estimate of drug-likeness (QED) is 0.671. The molecule has 0 saturated carbocycles. The number of carbonyl (C=O) groups excluding carboxylic acids is 1. The van der Waals surface area contributed by atoms with E-state index in [1.54, 1.807) is 31.2 Å². The summed E-state index contributed by atoms with van der Waals surface area (Å²) in [5.74, 6) is -2.05. The lowest BCUT2D eigenvalue weighted by Gasteiger charge is -2.16. The second kappa shape index (κ2) is 7.78. The summed E-state index contributed by atoms with van der Waals surface area (Å²) >= 11 is 0. The molecule has 1 unspecified atom stereocenters. The van der Waals surface area contributed by atoms with Crippen molar-refractivity contribution in [3.05, 3.63) is 58.4 Å². The van der Waals surface area contributed by atoms with Crippen molar-refractivity contribution in [2.24, 2.45) is 0 Å². The summed E-state index contributed by atoms with van der Waals surface area (Å²) in [6, 6.07) is 9.15. The fourth-order valence-corrected chi connectivity index (χ4v) is 2.65. The van der Waals surface area contributed by atoms with Gasteiger partial charge in [0.2, 0.25) is 5.91 Å². The maximum Gasteiger partial charge on any atom is 0.573 e. The van der Waals surface area contributed by atoms with Crippen LogP contribution in [0.1, 0.15) is 18.5 Å². The molecule has 1 amide bonds. The fourth-order valence-electron chi connectivity index (χ4n) is 2.65. The zero-order chi connectivity index (χ0) is 21.2. The van der Waals surface area contributed by atoms with E-state index in [9.17, 15) is 27.9 Å². The molecule has 2 aromatic carbocycles. The molecule has 1 heterocycles. The molecule has 0 bridgehead atoms. The average molecular weight is 408 g/mol. The van der Waals surface area contributed by atoms with Crippen LogP contribution < -0.4 is 15.6 Å². The summed E-state index contributed by atoms with van der Waals surface area (Å²) < 4.78 is 41.4. The first-order chi connectivity index (χ1) is 13.6. The summed E-state index contributed by atoms with van der Waals surface area (Å²) in [5.41, 5.74) is 0.256. The first kappa shape index (κ1) is 20.1. The molecule has 2 N–H and O–H groups in total. The van der Waals surface area contributed by atoms with E-state index in [0.29, 0.717) is 16.5 Å². The lowest BCUT2D eigenvalue weighted by Crippen LogP contribution is -2.35. The number of rotatable bonds is 5. The minimum Gasteiger partial charge on any atom is -0.504 e. The SMILES string of the molecule is CC(NC(=O)Cn1nnc2ccccc2c1=O)c1ccc(OC(F)(F)F)c(O)c1. The van der Waals surface area contributed by atoms with Crippen molar-refractivity contribution in [2.45, 2.75) is 25.9 Å². The van der Waals surface area contributed by atoms with Crippen LogP contribution in [0.3, 0.4) is 0 Å². The first-order valence-corrected chi connectivity index (χ1v) is 8.34. The fraction of sp³-hybridized carbons (Fsp3) is 0.222. The second-order valence-corrected chi connectivity index (χ2v) is 6.13. The number of halogens is 3. The van der Waals surface area contributed by atoms with E-state index in [1.807, 2.05) is 0 Å². The van der Waals surface area contributed by atoms with Crippen LogP contribution in [0.4, 0.5) is 13.2 Å². The van der Waals surface area contributed by atoms with E-state index in [4.69, 9.17) is 0 Å². The Kier molecular flexibility index (Phi) is 5.39. The molecule has 1 aromatic heterocycles. The smallest absolute Gasteiger partial charge is 0.504 e. The van der Waals surface area contributed by atoms with E-state index < -0.39 is 41.9 Å². The molecule has 0 fully saturated rings. The number of carbonyl (C=O) groups is 1. The van der Waals surface area contributed by atoms with E-state index in [1.165, 1.54) is 6.07 Å². The summed E-state index contributed by atoms with van der Waals surface area (Å²) in [4.78, 5) is 24.6. The van der Waals surface area contributed by atoms with Crippen LogP contribution in [0.15, 0.2) is 47.3 Å². The van der Waals surface area contributed by atoms with Gasteiger partial charge in [0.05, 0.1) is 11.4 Å². The number of amides is 1. The van der Waals surface area contributed by atoms with Crippen LogP contribution in [0.25, 0.3) is 10.9 Å². The third-order valence-electron chi connectivity index (χ3n) is 4.01. The van der Waals surface area contributed by atoms with Crippen molar-refractivity contribution in [3.8, 4) is 11.5 Å². The van der Waals surface area contributed by atoms with Crippen molar-refractivity contribution < 1.29 is 27.8 Å². The van der Waals surface area contributed by atoms with Crippen molar-refractivity contribution in [1.82, 2.24) is 20.3 Å². The molecule has 0 saturated heterocycles. The summed E-state index contributed by atoms with van der Waals surface area (Å²) in [5, 5.41) is 20.2. The van der Waals surface area contributed by atoms with Gasteiger partial charge < -0.3 is 15.2 Å². The highest BCUT2D eigenvalue weighted by atomic mass is 19.4. The lowest BCUT2D eigenvalue weighted by atomic mass is 10.1. The monoisotopic (exact) mass is 408 g/mol. The molecular formula is C18H15F3N4O4. The van der Waals surface area contributed by atoms with Crippen LogP contribution in [0, 0.1) is 0 Å². The van der Waals surface area contributed by atoms with Crippen LogP contribution in [0.5, 0.6) is 11.5 Å². The molecule has 152 valence electrons. The van der Waals surface area contributed by atoms with Crippen molar-refractivity contribution in [1.29, 1.82) is 0 Å². The Morgan fingerprint density at radius 2 is 2.00 bits per heavy atom. The van der Waals surface area contributed by atoms with Crippen LogP contribution >= 0.6 is 0 Å². The zero-order valence-corrected chi connectivity index (χ0v) is 15.0. The maximum absolute atomic E-state index is 12.4. The van der Waals surface area contributed by atoms with E-state index >= 15 is 0 Å². The van der Waals surface area contributed by atoms with E-state index in [2.05, 4.69) is 20.4 Å². The minimum atomic E-state index is -4.94. The predicted molar refractivity (Wildman–Crippen MR) is 95.1 cm³/mol. The number of benzene rings is 2. The molecule has 8 nitrogen and oxygen atoms in total. The van der Waals surface area contributed by atoms with Gasteiger partial charge in [-0.15, -0.1) is 18.3 Å². The van der Waals surface area contributed by atoms with Crippen LogP contribution in [-0.4, -0.2) is 32.4 Å². The number of alkyl halides is 3. The highest BCUT2D eigenvalue weighted by molar-refractivity contribution is 5.78. The van der Waals surface area contributed by atoms with Gasteiger partial charge in [0.1, 0.15) is 12.1 Å². The predicted octanol–water partition coefficient (Wildman–Crippen LogP) is 2.27. The van der Waals surface area contributed by atoms with Gasteiger partial charge in [-0.05, 0) is 36.8 Å². The normalized spacial score (nSPS) is 12.6. The first-order valence-electron chi connectivity index (χ1n) is 8.34. The molecule has 3 aromatic rings. The Morgan fingerprint density at radius 1 is 1.28 bits per heavy atom. The number of phenolic OH excluding ortho intramolecular Hbond substituents is 1. The number of fused-ring (bicyclic) bond motifs is 1. The highest BCUT2D eigenvalue weighted by Crippen LogP contribution is 2.33. The van der Waals surface area contributed by atoms with Crippen LogP contribution in [0.2, 0.25) is 0 Å². The van der Waals surface area contributed by atoms with Gasteiger partial charge in [-0.2, -0.15) is 0 Å². The van der Waals surface area contributed by atoms with Gasteiger partial charge in [0, 0.05) is 0 Å². The third kappa shape index (κ3) is 4.81. The molecule has 0 aliphatic heterocycles. The molecule has 0 aliphatic carbocycles. The van der Waals surface area contributed by atoms with E-state index in [0.717, 1.165) is 16.8 Å². The Bertz CT molecular complexity index is 1110. The molecule has 0 spiro atoms. The molecule has 1 atom stereocenters. The number of aromatic nitrogens is 3. The number of ether oxygens (including phenoxy) is 1. The number of hydrogen-bond donors (Lipinski definition) is 2. The molecule has 29 heavy (non-hydrogen) atoms. The molecule has 11 heteroatoms. The Hall–Kier alpha value is -3.63. The molecule has 0 radical (unpaired) electrons. The summed E-state index contributed by atoms with van der Waals surface area (Å²) in [6.07, 6.45) is -4.94. The topological polar surface area (TPSA) is 106 Å². The third-order valence-corrected chi connectivity index (χ3v) is 4.01. The number of hydrogen-bond acceptors (Lipinski definition) is 6. The molecule has 3 rings (SSSR count).